The Labute approximate surface area is 119 Å². The zero-order valence-electron chi connectivity index (χ0n) is 11.3. The molecule has 0 amide bonds. The van der Waals surface area contributed by atoms with E-state index in [-0.39, 0.29) is 5.78 Å². The first-order chi connectivity index (χ1) is 9.16. The molecule has 0 bridgehead atoms. The summed E-state index contributed by atoms with van der Waals surface area (Å²) in [4.78, 5) is 14.1. The normalized spacial score (nSPS) is 17.4. The number of Topliss-reactive ketones (excluding diaryl/α,β-unsaturated/α-hetero) is 1. The third kappa shape index (κ3) is 4.22. The summed E-state index contributed by atoms with van der Waals surface area (Å²) in [5, 5.41) is -0.484. The second-order valence-corrected chi connectivity index (χ2v) is 5.56. The number of carbonyl (C=O) groups excluding carboxylic acids is 1. The van der Waals surface area contributed by atoms with Gasteiger partial charge in [0.05, 0.1) is 5.38 Å². The largest absolute Gasteiger partial charge is 0.492 e. The van der Waals surface area contributed by atoms with Crippen molar-refractivity contribution in [2.75, 3.05) is 26.2 Å². The topological polar surface area (TPSA) is 29.5 Å². The van der Waals surface area contributed by atoms with Gasteiger partial charge in [-0.3, -0.25) is 9.69 Å². The number of rotatable bonds is 6. The van der Waals surface area contributed by atoms with Gasteiger partial charge in [0.1, 0.15) is 12.4 Å². The van der Waals surface area contributed by atoms with Crippen LogP contribution >= 0.6 is 11.6 Å². The highest BCUT2D eigenvalue weighted by Crippen LogP contribution is 2.15. The number of nitrogens with zero attached hydrogens (tertiary/aromatic N) is 1. The number of ketones is 1. The second-order valence-electron chi connectivity index (χ2n) is 4.90. The number of benzene rings is 1. The first kappa shape index (κ1) is 14.4. The molecule has 1 saturated heterocycles. The summed E-state index contributed by atoms with van der Waals surface area (Å²) in [5.74, 6) is 0.753. The SMILES string of the molecule is CC(Cl)C(=O)c1ccc(OCCN2CCCC2)cc1. The summed E-state index contributed by atoms with van der Waals surface area (Å²) < 4.78 is 5.68. The van der Waals surface area contributed by atoms with E-state index in [1.807, 2.05) is 12.1 Å². The average Bonchev–Trinajstić information content (AvgIpc) is 2.92. The molecule has 1 aliphatic rings. The molecule has 1 fully saturated rings. The second kappa shape index (κ2) is 6.92. The molecule has 0 spiro atoms. The Morgan fingerprint density at radius 3 is 2.53 bits per heavy atom. The predicted molar refractivity (Wildman–Crippen MR) is 77.3 cm³/mol. The monoisotopic (exact) mass is 281 g/mol. The lowest BCUT2D eigenvalue weighted by atomic mass is 10.1. The Balaban J connectivity index is 1.79. The fourth-order valence-electron chi connectivity index (χ4n) is 2.24. The molecule has 104 valence electrons. The van der Waals surface area contributed by atoms with E-state index in [4.69, 9.17) is 16.3 Å². The lowest BCUT2D eigenvalue weighted by Gasteiger charge is -2.15. The van der Waals surface area contributed by atoms with Gasteiger partial charge in [-0.25, -0.2) is 0 Å². The number of ether oxygens (including phenoxy) is 1. The van der Waals surface area contributed by atoms with E-state index in [2.05, 4.69) is 4.90 Å². The molecule has 1 aromatic carbocycles. The van der Waals surface area contributed by atoms with Crippen LogP contribution in [0.5, 0.6) is 5.75 Å². The van der Waals surface area contributed by atoms with Crippen LogP contribution in [0.2, 0.25) is 0 Å². The van der Waals surface area contributed by atoms with Crippen LogP contribution in [0, 0.1) is 0 Å². The summed E-state index contributed by atoms with van der Waals surface area (Å²) in [7, 11) is 0. The van der Waals surface area contributed by atoms with Gasteiger partial charge in [-0.15, -0.1) is 11.6 Å². The van der Waals surface area contributed by atoms with Gasteiger partial charge in [0, 0.05) is 12.1 Å². The maximum absolute atomic E-state index is 11.7. The van der Waals surface area contributed by atoms with Crippen LogP contribution in [-0.2, 0) is 0 Å². The van der Waals surface area contributed by atoms with Gasteiger partial charge in [0.15, 0.2) is 5.78 Å². The Kier molecular flexibility index (Phi) is 5.23. The highest BCUT2D eigenvalue weighted by Gasteiger charge is 2.12. The lowest BCUT2D eigenvalue weighted by molar-refractivity contribution is 0.0991. The lowest BCUT2D eigenvalue weighted by Crippen LogP contribution is -2.25. The van der Waals surface area contributed by atoms with Crippen molar-refractivity contribution in [2.24, 2.45) is 0 Å². The molecule has 4 heteroatoms. The van der Waals surface area contributed by atoms with Gasteiger partial charge in [-0.05, 0) is 57.1 Å². The van der Waals surface area contributed by atoms with Gasteiger partial charge in [0.25, 0.3) is 0 Å². The van der Waals surface area contributed by atoms with Crippen LogP contribution < -0.4 is 4.74 Å². The summed E-state index contributed by atoms with van der Waals surface area (Å²) in [6.45, 7) is 5.72. The quantitative estimate of drug-likeness (QED) is 0.593. The third-order valence-electron chi connectivity index (χ3n) is 3.38. The van der Waals surface area contributed by atoms with Crippen molar-refractivity contribution in [3.63, 3.8) is 0 Å². The maximum Gasteiger partial charge on any atom is 0.180 e. The first-order valence-corrected chi connectivity index (χ1v) is 7.24. The number of hydrogen-bond acceptors (Lipinski definition) is 3. The molecule has 3 nitrogen and oxygen atoms in total. The molecule has 0 aliphatic carbocycles. The summed E-state index contributed by atoms with van der Waals surface area (Å²) in [6, 6.07) is 7.20. The van der Waals surface area contributed by atoms with Crippen molar-refractivity contribution in [3.8, 4) is 5.75 Å². The van der Waals surface area contributed by atoms with Gasteiger partial charge >= 0.3 is 0 Å². The third-order valence-corrected chi connectivity index (χ3v) is 3.57. The van der Waals surface area contributed by atoms with Crippen LogP contribution in [0.3, 0.4) is 0 Å². The number of halogens is 1. The van der Waals surface area contributed by atoms with Gasteiger partial charge in [0.2, 0.25) is 0 Å². The number of hydrogen-bond donors (Lipinski definition) is 0. The Morgan fingerprint density at radius 2 is 1.95 bits per heavy atom. The zero-order valence-corrected chi connectivity index (χ0v) is 12.0. The van der Waals surface area contributed by atoms with Gasteiger partial charge < -0.3 is 4.74 Å². The molecular weight excluding hydrogens is 262 g/mol. The number of carbonyl (C=O) groups is 1. The molecule has 19 heavy (non-hydrogen) atoms. The highest BCUT2D eigenvalue weighted by molar-refractivity contribution is 6.33. The summed E-state index contributed by atoms with van der Waals surface area (Å²) >= 11 is 5.77. The molecule has 1 atom stereocenters. The number of likely N-dealkylation sites (tertiary alicyclic amines) is 1. The summed E-state index contributed by atoms with van der Waals surface area (Å²) in [5.41, 5.74) is 0.634. The van der Waals surface area contributed by atoms with Crippen molar-refractivity contribution in [3.05, 3.63) is 29.8 Å². The van der Waals surface area contributed by atoms with Crippen LogP contribution in [0.1, 0.15) is 30.1 Å². The van der Waals surface area contributed by atoms with Crippen molar-refractivity contribution in [1.29, 1.82) is 0 Å². The Morgan fingerprint density at radius 1 is 1.32 bits per heavy atom. The van der Waals surface area contributed by atoms with E-state index in [1.54, 1.807) is 19.1 Å². The smallest absolute Gasteiger partial charge is 0.180 e. The Bertz CT molecular complexity index is 411. The van der Waals surface area contributed by atoms with Crippen LogP contribution in [0.15, 0.2) is 24.3 Å². The van der Waals surface area contributed by atoms with Gasteiger partial charge in [-0.2, -0.15) is 0 Å². The average molecular weight is 282 g/mol. The molecule has 0 radical (unpaired) electrons. The summed E-state index contributed by atoms with van der Waals surface area (Å²) in [6.07, 6.45) is 2.60. The highest BCUT2D eigenvalue weighted by atomic mass is 35.5. The fraction of sp³-hybridized carbons (Fsp3) is 0.533. The van der Waals surface area contributed by atoms with Crippen LogP contribution in [0.25, 0.3) is 0 Å². The molecule has 1 heterocycles. The fourth-order valence-corrected chi connectivity index (χ4v) is 2.37. The van der Waals surface area contributed by atoms with E-state index in [0.717, 1.165) is 12.3 Å². The molecule has 1 aromatic rings. The van der Waals surface area contributed by atoms with Crippen LogP contribution in [0.4, 0.5) is 0 Å². The van der Waals surface area contributed by atoms with Crippen molar-refractivity contribution in [1.82, 2.24) is 4.90 Å². The molecule has 1 unspecified atom stereocenters. The molecule has 2 rings (SSSR count). The molecule has 0 saturated carbocycles. The minimum Gasteiger partial charge on any atom is -0.492 e. The predicted octanol–water partition coefficient (Wildman–Crippen LogP) is 2.97. The van der Waals surface area contributed by atoms with Crippen molar-refractivity contribution < 1.29 is 9.53 Å². The van der Waals surface area contributed by atoms with E-state index in [0.29, 0.717) is 12.2 Å². The minimum atomic E-state index is -0.484. The molecule has 1 aliphatic heterocycles. The molecule has 0 N–H and O–H groups in total. The first-order valence-electron chi connectivity index (χ1n) is 6.80. The van der Waals surface area contributed by atoms with Gasteiger partial charge in [-0.1, -0.05) is 0 Å². The maximum atomic E-state index is 11.7. The zero-order chi connectivity index (χ0) is 13.7. The van der Waals surface area contributed by atoms with E-state index in [1.165, 1.54) is 25.9 Å². The van der Waals surface area contributed by atoms with E-state index >= 15 is 0 Å². The van der Waals surface area contributed by atoms with E-state index < -0.39 is 5.38 Å². The minimum absolute atomic E-state index is 0.0507. The molecular formula is C15H20ClNO2. The standard InChI is InChI=1S/C15H20ClNO2/c1-12(16)15(18)13-4-6-14(7-5-13)19-11-10-17-8-2-3-9-17/h4-7,12H,2-3,8-11H2,1H3. The van der Waals surface area contributed by atoms with Crippen molar-refractivity contribution >= 4 is 17.4 Å². The van der Waals surface area contributed by atoms with Crippen molar-refractivity contribution in [2.45, 2.75) is 25.1 Å². The van der Waals surface area contributed by atoms with Crippen LogP contribution in [-0.4, -0.2) is 42.3 Å². The van der Waals surface area contributed by atoms with E-state index in [9.17, 15) is 4.79 Å². The Hall–Kier alpha value is -1.06. The molecule has 0 aromatic heterocycles. The number of alkyl halides is 1.